The third-order valence-corrected chi connectivity index (χ3v) is 2.91. The van der Waals surface area contributed by atoms with E-state index in [2.05, 4.69) is 10.3 Å². The van der Waals surface area contributed by atoms with E-state index in [9.17, 15) is 4.79 Å². The summed E-state index contributed by atoms with van der Waals surface area (Å²) in [5.41, 5.74) is 7.08. The number of nitrogens with zero attached hydrogens (tertiary/aromatic N) is 3. The number of carbonyl (C=O) groups is 1. The molecule has 0 radical (unpaired) electrons. The van der Waals surface area contributed by atoms with Crippen LogP contribution in [0.1, 0.15) is 18.2 Å². The summed E-state index contributed by atoms with van der Waals surface area (Å²) in [6.07, 6.45) is 1.87. The van der Waals surface area contributed by atoms with Crippen molar-refractivity contribution in [3.8, 4) is 5.75 Å². The Hall–Kier alpha value is -2.41. The minimum absolute atomic E-state index is 0.165. The van der Waals surface area contributed by atoms with Gasteiger partial charge in [-0.15, -0.1) is 5.10 Å². The molecule has 2 rings (SSSR count). The smallest absolute Gasteiger partial charge is 0.320 e. The van der Waals surface area contributed by atoms with Crippen LogP contribution in [0.25, 0.3) is 0 Å². The summed E-state index contributed by atoms with van der Waals surface area (Å²) in [7, 11) is 0. The van der Waals surface area contributed by atoms with Crippen LogP contribution >= 0.6 is 0 Å². The average molecular weight is 290 g/mol. The van der Waals surface area contributed by atoms with E-state index >= 15 is 0 Å². The van der Waals surface area contributed by atoms with Gasteiger partial charge in [-0.2, -0.15) is 0 Å². The SMILES string of the molecule is CCOc1ccc(Cn2cc(CC(N)C(=O)O)nn2)cc1. The van der Waals surface area contributed by atoms with Crippen molar-refractivity contribution in [3.05, 3.63) is 41.7 Å². The zero-order valence-electron chi connectivity index (χ0n) is 11.8. The Morgan fingerprint density at radius 3 is 2.76 bits per heavy atom. The Balaban J connectivity index is 1.97. The molecule has 0 aliphatic carbocycles. The number of hydrogen-bond acceptors (Lipinski definition) is 5. The fourth-order valence-electron chi connectivity index (χ4n) is 1.87. The number of hydrogen-bond donors (Lipinski definition) is 2. The molecule has 7 nitrogen and oxygen atoms in total. The van der Waals surface area contributed by atoms with E-state index in [0.717, 1.165) is 11.3 Å². The van der Waals surface area contributed by atoms with Gasteiger partial charge in [0, 0.05) is 12.6 Å². The highest BCUT2D eigenvalue weighted by molar-refractivity contribution is 5.73. The molecule has 0 bridgehead atoms. The van der Waals surface area contributed by atoms with Gasteiger partial charge in [0.1, 0.15) is 11.8 Å². The maximum absolute atomic E-state index is 10.7. The van der Waals surface area contributed by atoms with Crippen LogP contribution in [-0.2, 0) is 17.8 Å². The predicted molar refractivity (Wildman–Crippen MR) is 76.1 cm³/mol. The Labute approximate surface area is 122 Å². The predicted octanol–water partition coefficient (Wildman–Crippen LogP) is 0.679. The second-order valence-electron chi connectivity index (χ2n) is 4.63. The molecule has 0 spiro atoms. The van der Waals surface area contributed by atoms with E-state index in [1.807, 2.05) is 31.2 Å². The molecule has 1 unspecified atom stereocenters. The van der Waals surface area contributed by atoms with Crippen LogP contribution in [0.15, 0.2) is 30.5 Å². The van der Waals surface area contributed by atoms with Crippen LogP contribution in [0.2, 0.25) is 0 Å². The molecule has 3 N–H and O–H groups in total. The number of aliphatic carboxylic acids is 1. The lowest BCUT2D eigenvalue weighted by molar-refractivity contribution is -0.138. The molecule has 0 aliphatic rings. The Kier molecular flexibility index (Phi) is 4.89. The van der Waals surface area contributed by atoms with E-state index in [4.69, 9.17) is 15.6 Å². The topological polar surface area (TPSA) is 103 Å². The quantitative estimate of drug-likeness (QED) is 0.777. The van der Waals surface area contributed by atoms with Crippen molar-refractivity contribution in [1.29, 1.82) is 0 Å². The van der Waals surface area contributed by atoms with Crippen molar-refractivity contribution < 1.29 is 14.6 Å². The minimum Gasteiger partial charge on any atom is -0.494 e. The molecule has 0 aliphatic heterocycles. The van der Waals surface area contributed by atoms with Gasteiger partial charge in [0.2, 0.25) is 0 Å². The lowest BCUT2D eigenvalue weighted by Gasteiger charge is -2.05. The van der Waals surface area contributed by atoms with Crippen LogP contribution in [0, 0.1) is 0 Å². The molecule has 2 aromatic rings. The van der Waals surface area contributed by atoms with Crippen LogP contribution in [-0.4, -0.2) is 38.7 Å². The van der Waals surface area contributed by atoms with Gasteiger partial charge in [-0.1, -0.05) is 17.3 Å². The number of benzene rings is 1. The van der Waals surface area contributed by atoms with Crippen molar-refractivity contribution in [3.63, 3.8) is 0 Å². The molecule has 0 saturated heterocycles. The molecule has 0 fully saturated rings. The zero-order chi connectivity index (χ0) is 15.2. The number of rotatable bonds is 7. The van der Waals surface area contributed by atoms with Crippen LogP contribution < -0.4 is 10.5 Å². The normalized spacial score (nSPS) is 12.1. The maximum atomic E-state index is 10.7. The second-order valence-corrected chi connectivity index (χ2v) is 4.63. The summed E-state index contributed by atoms with van der Waals surface area (Å²) < 4.78 is 7.03. The maximum Gasteiger partial charge on any atom is 0.320 e. The number of carboxylic acids is 1. The lowest BCUT2D eigenvalue weighted by Crippen LogP contribution is -2.32. The highest BCUT2D eigenvalue weighted by Gasteiger charge is 2.14. The number of aromatic nitrogens is 3. The van der Waals surface area contributed by atoms with Crippen LogP contribution in [0.3, 0.4) is 0 Å². The van der Waals surface area contributed by atoms with Crippen molar-refractivity contribution in [2.75, 3.05) is 6.61 Å². The third kappa shape index (κ3) is 4.28. The van der Waals surface area contributed by atoms with Crippen molar-refractivity contribution >= 4 is 5.97 Å². The molecule has 0 saturated carbocycles. The molecule has 7 heteroatoms. The van der Waals surface area contributed by atoms with Gasteiger partial charge in [-0.3, -0.25) is 4.79 Å². The van der Waals surface area contributed by atoms with Crippen molar-refractivity contribution in [2.24, 2.45) is 5.73 Å². The van der Waals surface area contributed by atoms with Gasteiger partial charge >= 0.3 is 5.97 Å². The fourth-order valence-corrected chi connectivity index (χ4v) is 1.87. The van der Waals surface area contributed by atoms with Crippen molar-refractivity contribution in [2.45, 2.75) is 25.9 Å². The molecule has 1 heterocycles. The molecule has 112 valence electrons. The minimum atomic E-state index is -1.05. The standard InChI is InChI=1S/C14H18N4O3/c1-2-21-12-5-3-10(4-6-12)8-18-9-11(16-17-18)7-13(15)14(19)20/h3-6,9,13H,2,7-8,15H2,1H3,(H,19,20). The number of ether oxygens (including phenoxy) is 1. The van der Waals surface area contributed by atoms with Gasteiger partial charge in [-0.25, -0.2) is 4.68 Å². The number of carboxylic acid groups (broad SMARTS) is 1. The molecular weight excluding hydrogens is 272 g/mol. The molecular formula is C14H18N4O3. The first kappa shape index (κ1) is 15.0. The first-order valence-electron chi connectivity index (χ1n) is 6.67. The van der Waals surface area contributed by atoms with Gasteiger partial charge in [0.15, 0.2) is 0 Å². The largest absolute Gasteiger partial charge is 0.494 e. The van der Waals surface area contributed by atoms with Crippen LogP contribution in [0.5, 0.6) is 5.75 Å². The molecule has 1 atom stereocenters. The lowest BCUT2D eigenvalue weighted by atomic mass is 10.2. The third-order valence-electron chi connectivity index (χ3n) is 2.91. The Morgan fingerprint density at radius 2 is 2.14 bits per heavy atom. The van der Waals surface area contributed by atoms with Crippen LogP contribution in [0.4, 0.5) is 0 Å². The molecule has 21 heavy (non-hydrogen) atoms. The summed E-state index contributed by atoms with van der Waals surface area (Å²) >= 11 is 0. The first-order valence-corrected chi connectivity index (χ1v) is 6.67. The first-order chi connectivity index (χ1) is 10.1. The van der Waals surface area contributed by atoms with Gasteiger partial charge < -0.3 is 15.6 Å². The summed E-state index contributed by atoms with van der Waals surface area (Å²) in [6, 6.07) is 6.75. The Bertz CT molecular complexity index is 595. The summed E-state index contributed by atoms with van der Waals surface area (Å²) in [4.78, 5) is 10.7. The highest BCUT2D eigenvalue weighted by Crippen LogP contribution is 2.13. The van der Waals surface area contributed by atoms with E-state index in [1.165, 1.54) is 0 Å². The zero-order valence-corrected chi connectivity index (χ0v) is 11.8. The number of nitrogens with two attached hydrogens (primary N) is 1. The van der Waals surface area contributed by atoms with E-state index in [1.54, 1.807) is 10.9 Å². The summed E-state index contributed by atoms with van der Waals surface area (Å²) in [5.74, 6) is -0.218. The molecule has 0 amide bonds. The molecule has 1 aromatic carbocycles. The Morgan fingerprint density at radius 1 is 1.43 bits per heavy atom. The van der Waals surface area contributed by atoms with Gasteiger partial charge in [-0.05, 0) is 24.6 Å². The van der Waals surface area contributed by atoms with Gasteiger partial charge in [0.25, 0.3) is 0 Å². The fraction of sp³-hybridized carbons (Fsp3) is 0.357. The second kappa shape index (κ2) is 6.85. The summed E-state index contributed by atoms with van der Waals surface area (Å²) in [5, 5.41) is 16.7. The average Bonchev–Trinajstić information content (AvgIpc) is 2.88. The summed E-state index contributed by atoms with van der Waals surface area (Å²) in [6.45, 7) is 3.13. The van der Waals surface area contributed by atoms with Crippen molar-refractivity contribution in [1.82, 2.24) is 15.0 Å². The highest BCUT2D eigenvalue weighted by atomic mass is 16.5. The monoisotopic (exact) mass is 290 g/mol. The van der Waals surface area contributed by atoms with Gasteiger partial charge in [0.05, 0.1) is 18.8 Å². The van der Waals surface area contributed by atoms with E-state index in [0.29, 0.717) is 18.8 Å². The molecule has 1 aromatic heterocycles. The van der Waals surface area contributed by atoms with E-state index in [-0.39, 0.29) is 6.42 Å². The van der Waals surface area contributed by atoms with E-state index < -0.39 is 12.0 Å².